The van der Waals surface area contributed by atoms with E-state index in [1.54, 1.807) is 24.5 Å². The molecule has 1 saturated heterocycles. The number of carbonyl (C=O) groups is 2. The van der Waals surface area contributed by atoms with Crippen molar-refractivity contribution < 1.29 is 9.59 Å². The average Bonchev–Trinajstić information content (AvgIpc) is 3.05. The molecule has 3 aliphatic rings. The van der Waals surface area contributed by atoms with Gasteiger partial charge in [0.25, 0.3) is 0 Å². The molecule has 0 radical (unpaired) electrons. The minimum absolute atomic E-state index is 0.0342. The number of anilines is 1. The Bertz CT molecular complexity index is 536. The van der Waals surface area contributed by atoms with Crippen molar-refractivity contribution in [3.8, 4) is 0 Å². The number of nitrogens with zero attached hydrogens (tertiary/aromatic N) is 2. The molecule has 1 saturated carbocycles. The van der Waals surface area contributed by atoms with Crippen molar-refractivity contribution in [2.24, 2.45) is 23.7 Å². The van der Waals surface area contributed by atoms with Crippen LogP contribution in [0.25, 0.3) is 0 Å². The maximum atomic E-state index is 12.4. The van der Waals surface area contributed by atoms with Crippen LogP contribution in [-0.2, 0) is 9.59 Å². The largest absolute Gasteiger partial charge is 0.274 e. The van der Waals surface area contributed by atoms with Crippen LogP contribution in [-0.4, -0.2) is 16.8 Å². The number of carbonyl (C=O) groups excluding carboxylic acids is 2. The monoisotopic (exact) mass is 240 g/mol. The van der Waals surface area contributed by atoms with Gasteiger partial charge < -0.3 is 0 Å². The van der Waals surface area contributed by atoms with E-state index < -0.39 is 0 Å². The molecule has 18 heavy (non-hydrogen) atoms. The Labute approximate surface area is 104 Å². The summed E-state index contributed by atoms with van der Waals surface area (Å²) >= 11 is 0. The van der Waals surface area contributed by atoms with E-state index >= 15 is 0 Å². The van der Waals surface area contributed by atoms with Crippen LogP contribution >= 0.6 is 0 Å². The maximum Gasteiger partial charge on any atom is 0.238 e. The minimum Gasteiger partial charge on any atom is -0.274 e. The average molecular weight is 240 g/mol. The highest BCUT2D eigenvalue weighted by molar-refractivity contribution is 6.22. The number of hydrogen-bond acceptors (Lipinski definition) is 3. The molecule has 0 spiro atoms. The molecule has 2 amide bonds. The number of fused-ring (bicyclic) bond motifs is 5. The Kier molecular flexibility index (Phi) is 1.82. The van der Waals surface area contributed by atoms with Gasteiger partial charge in [-0.05, 0) is 30.4 Å². The number of pyridine rings is 1. The summed E-state index contributed by atoms with van der Waals surface area (Å²) in [6.45, 7) is 0. The zero-order valence-electron chi connectivity index (χ0n) is 9.69. The lowest BCUT2D eigenvalue weighted by Gasteiger charge is -2.16. The summed E-state index contributed by atoms with van der Waals surface area (Å²) in [7, 11) is 0. The van der Waals surface area contributed by atoms with Gasteiger partial charge in [0.2, 0.25) is 11.8 Å². The van der Waals surface area contributed by atoms with Crippen LogP contribution in [0.1, 0.15) is 6.42 Å². The van der Waals surface area contributed by atoms with Gasteiger partial charge in [-0.15, -0.1) is 0 Å². The first-order valence-corrected chi connectivity index (χ1v) is 6.23. The van der Waals surface area contributed by atoms with Crippen molar-refractivity contribution >= 4 is 17.5 Å². The van der Waals surface area contributed by atoms with E-state index in [1.807, 2.05) is 0 Å². The first kappa shape index (κ1) is 10.00. The van der Waals surface area contributed by atoms with Gasteiger partial charge in [-0.1, -0.05) is 12.2 Å². The summed E-state index contributed by atoms with van der Waals surface area (Å²) in [5, 5.41) is 0. The van der Waals surface area contributed by atoms with Gasteiger partial charge in [0.05, 0.1) is 17.5 Å². The van der Waals surface area contributed by atoms with Crippen LogP contribution in [0, 0.1) is 23.7 Å². The Morgan fingerprint density at radius 3 is 2.11 bits per heavy atom. The van der Waals surface area contributed by atoms with Crippen molar-refractivity contribution in [3.63, 3.8) is 0 Å². The summed E-state index contributed by atoms with van der Waals surface area (Å²) < 4.78 is 0. The molecular formula is C14H12N2O2. The van der Waals surface area contributed by atoms with Crippen molar-refractivity contribution in [2.75, 3.05) is 4.90 Å². The quantitative estimate of drug-likeness (QED) is 0.550. The van der Waals surface area contributed by atoms with E-state index in [2.05, 4.69) is 17.1 Å². The number of allylic oxidation sites excluding steroid dienone is 2. The van der Waals surface area contributed by atoms with E-state index in [9.17, 15) is 9.59 Å². The first-order chi connectivity index (χ1) is 8.77. The SMILES string of the molecule is O=C1[C@@H]2[C@@H](C(=O)N1c1ccncc1)[C@H]1C=C[C@H]2C1. The molecule has 1 aliphatic heterocycles. The van der Waals surface area contributed by atoms with Crippen molar-refractivity contribution in [3.05, 3.63) is 36.7 Å². The Balaban J connectivity index is 1.77. The standard InChI is InChI=1S/C14H12N2O2/c17-13-11-8-1-2-9(7-8)12(11)14(18)16(13)10-3-5-15-6-4-10/h1-6,8-9,11-12H,7H2/t8-,9-,11-,12-/m0/s1. The van der Waals surface area contributed by atoms with E-state index in [1.165, 1.54) is 4.90 Å². The Hall–Kier alpha value is -1.97. The second kappa shape index (κ2) is 3.28. The van der Waals surface area contributed by atoms with Crippen LogP contribution in [0.4, 0.5) is 5.69 Å². The van der Waals surface area contributed by atoms with Gasteiger partial charge in [-0.3, -0.25) is 14.6 Å². The van der Waals surface area contributed by atoms with Gasteiger partial charge in [-0.25, -0.2) is 4.90 Å². The van der Waals surface area contributed by atoms with E-state index in [4.69, 9.17) is 0 Å². The maximum absolute atomic E-state index is 12.4. The number of imide groups is 1. The molecular weight excluding hydrogens is 228 g/mol. The zero-order valence-corrected chi connectivity index (χ0v) is 9.69. The molecule has 1 aromatic heterocycles. The van der Waals surface area contributed by atoms with Crippen molar-refractivity contribution in [2.45, 2.75) is 6.42 Å². The summed E-state index contributed by atoms with van der Waals surface area (Å²) in [5.74, 6) is 0.217. The van der Waals surface area contributed by atoms with Gasteiger partial charge in [0, 0.05) is 12.4 Å². The topological polar surface area (TPSA) is 50.3 Å². The molecule has 0 aromatic carbocycles. The third kappa shape index (κ3) is 1.08. The lowest BCUT2D eigenvalue weighted by Crippen LogP contribution is -2.32. The van der Waals surface area contributed by atoms with Crippen LogP contribution in [0.5, 0.6) is 0 Å². The van der Waals surface area contributed by atoms with E-state index in [0.717, 1.165) is 6.42 Å². The molecule has 4 heteroatoms. The molecule has 0 N–H and O–H groups in total. The van der Waals surface area contributed by atoms with Crippen LogP contribution in [0.15, 0.2) is 36.7 Å². The summed E-state index contributed by atoms with van der Waals surface area (Å²) in [5.41, 5.74) is 0.647. The molecule has 4 rings (SSSR count). The number of rotatable bonds is 1. The summed E-state index contributed by atoms with van der Waals surface area (Å²) in [6, 6.07) is 3.43. The van der Waals surface area contributed by atoms with Crippen LogP contribution in [0.2, 0.25) is 0 Å². The number of hydrogen-bond donors (Lipinski definition) is 0. The van der Waals surface area contributed by atoms with Crippen molar-refractivity contribution in [1.29, 1.82) is 0 Å². The third-order valence-corrected chi connectivity index (χ3v) is 4.39. The molecule has 2 heterocycles. The van der Waals surface area contributed by atoms with Gasteiger partial charge in [-0.2, -0.15) is 0 Å². The second-order valence-electron chi connectivity index (χ2n) is 5.22. The predicted molar refractivity (Wildman–Crippen MR) is 64.4 cm³/mol. The smallest absolute Gasteiger partial charge is 0.238 e. The third-order valence-electron chi connectivity index (χ3n) is 4.39. The summed E-state index contributed by atoms with van der Waals surface area (Å²) in [6.07, 6.45) is 8.39. The fourth-order valence-corrected chi connectivity index (χ4v) is 3.65. The highest BCUT2D eigenvalue weighted by Crippen LogP contribution is 2.53. The molecule has 90 valence electrons. The fourth-order valence-electron chi connectivity index (χ4n) is 3.65. The van der Waals surface area contributed by atoms with Gasteiger partial charge in [0.1, 0.15) is 0 Å². The number of amides is 2. The highest BCUT2D eigenvalue weighted by atomic mass is 16.2. The first-order valence-electron chi connectivity index (χ1n) is 6.23. The molecule has 2 bridgehead atoms. The fraction of sp³-hybridized carbons (Fsp3) is 0.357. The minimum atomic E-state index is -0.124. The van der Waals surface area contributed by atoms with Gasteiger partial charge >= 0.3 is 0 Å². The molecule has 1 aromatic rings. The Morgan fingerprint density at radius 2 is 1.56 bits per heavy atom. The summed E-state index contributed by atoms with van der Waals surface area (Å²) in [4.78, 5) is 30.1. The molecule has 2 aliphatic carbocycles. The van der Waals surface area contributed by atoms with Gasteiger partial charge in [0.15, 0.2) is 0 Å². The highest BCUT2D eigenvalue weighted by Gasteiger charge is 2.59. The van der Waals surface area contributed by atoms with Crippen LogP contribution < -0.4 is 4.90 Å². The number of aromatic nitrogens is 1. The lowest BCUT2D eigenvalue weighted by atomic mass is 9.85. The zero-order chi connectivity index (χ0) is 12.3. The Morgan fingerprint density at radius 1 is 1.00 bits per heavy atom. The van der Waals surface area contributed by atoms with E-state index in [0.29, 0.717) is 5.69 Å². The normalized spacial score (nSPS) is 36.6. The second-order valence-corrected chi connectivity index (χ2v) is 5.22. The van der Waals surface area contributed by atoms with Crippen LogP contribution in [0.3, 0.4) is 0 Å². The van der Waals surface area contributed by atoms with E-state index in [-0.39, 0.29) is 35.5 Å². The molecule has 0 unspecified atom stereocenters. The predicted octanol–water partition coefficient (Wildman–Crippen LogP) is 1.39. The molecule has 4 atom stereocenters. The lowest BCUT2D eigenvalue weighted by molar-refractivity contribution is -0.123. The van der Waals surface area contributed by atoms with Crippen molar-refractivity contribution in [1.82, 2.24) is 4.98 Å². The molecule has 4 nitrogen and oxygen atoms in total. The molecule has 2 fully saturated rings.